The molecule has 0 spiro atoms. The van der Waals surface area contributed by atoms with Crippen LogP contribution in [-0.2, 0) is 20.9 Å². The van der Waals surface area contributed by atoms with Gasteiger partial charge in [0.05, 0.1) is 24.3 Å². The Balaban J connectivity index is 1.54. The highest BCUT2D eigenvalue weighted by molar-refractivity contribution is 8.01. The molecule has 2 aliphatic rings. The maximum atomic E-state index is 13.5. The Kier molecular flexibility index (Phi) is 6.84. The second-order valence-corrected chi connectivity index (χ2v) is 9.43. The van der Waals surface area contributed by atoms with Gasteiger partial charge >= 0.3 is 0 Å². The highest BCUT2D eigenvalue weighted by Gasteiger charge is 2.39. The predicted molar refractivity (Wildman–Crippen MR) is 120 cm³/mol. The Labute approximate surface area is 190 Å². The first-order valence-corrected chi connectivity index (χ1v) is 11.6. The zero-order valence-electron chi connectivity index (χ0n) is 17.1. The van der Waals surface area contributed by atoms with E-state index in [1.165, 1.54) is 23.9 Å². The van der Waals surface area contributed by atoms with E-state index in [0.717, 1.165) is 30.0 Å². The third-order valence-corrected chi connectivity index (χ3v) is 7.47. The van der Waals surface area contributed by atoms with Crippen LogP contribution in [0.15, 0.2) is 47.4 Å². The average Bonchev–Trinajstić information content (AvgIpc) is 3.28. The van der Waals surface area contributed by atoms with Gasteiger partial charge in [-0.25, -0.2) is 4.39 Å². The lowest BCUT2D eigenvalue weighted by Gasteiger charge is -2.36. The highest BCUT2D eigenvalue weighted by Crippen LogP contribution is 2.42. The number of para-hydroxylation sites is 1. The van der Waals surface area contributed by atoms with Gasteiger partial charge in [0.15, 0.2) is 0 Å². The number of amides is 2. The second-order valence-electron chi connectivity index (χ2n) is 7.84. The van der Waals surface area contributed by atoms with Crippen molar-refractivity contribution in [2.24, 2.45) is 5.92 Å². The van der Waals surface area contributed by atoms with Crippen LogP contribution in [0.3, 0.4) is 0 Å². The molecule has 5 nitrogen and oxygen atoms in total. The molecule has 1 fully saturated rings. The van der Waals surface area contributed by atoms with Crippen LogP contribution in [0.1, 0.15) is 25.3 Å². The summed E-state index contributed by atoms with van der Waals surface area (Å²) in [6, 6.07) is 11.7. The number of hydrogen-bond donors (Lipinski definition) is 1. The predicted octanol–water partition coefficient (Wildman–Crippen LogP) is 4.42. The molecule has 31 heavy (non-hydrogen) atoms. The lowest BCUT2D eigenvalue weighted by Crippen LogP contribution is -2.48. The summed E-state index contributed by atoms with van der Waals surface area (Å²) in [5.74, 6) is -1.29. The van der Waals surface area contributed by atoms with Crippen molar-refractivity contribution >= 4 is 40.9 Å². The molecule has 2 heterocycles. The summed E-state index contributed by atoms with van der Waals surface area (Å²) in [5.41, 5.74) is 1.41. The van der Waals surface area contributed by atoms with Gasteiger partial charge in [0.1, 0.15) is 11.1 Å². The van der Waals surface area contributed by atoms with E-state index < -0.39 is 17.0 Å². The van der Waals surface area contributed by atoms with Gasteiger partial charge in [-0.2, -0.15) is 0 Å². The van der Waals surface area contributed by atoms with Crippen LogP contribution in [-0.4, -0.2) is 36.3 Å². The number of hydrogen-bond acceptors (Lipinski definition) is 4. The van der Waals surface area contributed by atoms with Crippen LogP contribution < -0.4 is 10.2 Å². The zero-order valence-corrected chi connectivity index (χ0v) is 18.7. The molecule has 164 valence electrons. The number of rotatable bonds is 6. The first-order valence-electron chi connectivity index (χ1n) is 10.3. The summed E-state index contributed by atoms with van der Waals surface area (Å²) in [5, 5.41) is 2.63. The minimum Gasteiger partial charge on any atom is -0.376 e. The van der Waals surface area contributed by atoms with E-state index in [2.05, 4.69) is 5.32 Å². The van der Waals surface area contributed by atoms with Crippen LogP contribution in [0, 0.1) is 11.7 Å². The van der Waals surface area contributed by atoms with Crippen molar-refractivity contribution in [1.82, 2.24) is 5.32 Å². The molecule has 0 saturated carbocycles. The fourth-order valence-corrected chi connectivity index (χ4v) is 5.37. The van der Waals surface area contributed by atoms with E-state index in [1.54, 1.807) is 17.9 Å². The molecule has 0 unspecified atom stereocenters. The lowest BCUT2D eigenvalue weighted by molar-refractivity contribution is -0.128. The number of carbonyl (C=O) groups is 2. The van der Waals surface area contributed by atoms with Crippen LogP contribution in [0.2, 0.25) is 5.02 Å². The first kappa shape index (κ1) is 22.1. The number of benzene rings is 2. The number of nitrogens with zero attached hydrogens (tertiary/aromatic N) is 1. The largest absolute Gasteiger partial charge is 0.376 e. The van der Waals surface area contributed by atoms with Crippen LogP contribution in [0.5, 0.6) is 0 Å². The Morgan fingerprint density at radius 1 is 1.35 bits per heavy atom. The van der Waals surface area contributed by atoms with Crippen LogP contribution in [0.25, 0.3) is 0 Å². The first-order chi connectivity index (χ1) is 14.9. The Hall–Kier alpha value is -2.09. The molecular weight excluding hydrogens is 439 g/mol. The molecule has 0 aliphatic carbocycles. The van der Waals surface area contributed by atoms with Crippen molar-refractivity contribution in [3.05, 3.63) is 58.9 Å². The summed E-state index contributed by atoms with van der Waals surface area (Å²) < 4.78 is 19.0. The normalized spacial score (nSPS) is 21.6. The smallest absolute Gasteiger partial charge is 0.241 e. The van der Waals surface area contributed by atoms with E-state index in [-0.39, 0.29) is 29.5 Å². The highest BCUT2D eigenvalue weighted by atomic mass is 35.5. The summed E-state index contributed by atoms with van der Waals surface area (Å²) in [4.78, 5) is 28.8. The van der Waals surface area contributed by atoms with Gasteiger partial charge in [-0.3, -0.25) is 9.59 Å². The van der Waals surface area contributed by atoms with Crippen molar-refractivity contribution in [2.45, 2.75) is 42.6 Å². The number of fused-ring (bicyclic) bond motifs is 1. The van der Waals surface area contributed by atoms with Gasteiger partial charge in [0.2, 0.25) is 11.8 Å². The molecule has 2 aromatic rings. The standard InChI is InChI=1S/C23H24ClFN2O3S/c1-14(22(28)26-12-17-5-4-10-30-17)21-23(29)27(19-6-2-3-7-20(19)31-21)13-15-8-9-16(25)11-18(15)24/h2-3,6-9,11,14,17,21H,4-5,10,12-13H2,1H3,(H,26,28)/t14-,17+,21+/m0/s1. The molecule has 3 atom stereocenters. The van der Waals surface area contributed by atoms with Gasteiger partial charge < -0.3 is 15.0 Å². The molecule has 2 aromatic carbocycles. The summed E-state index contributed by atoms with van der Waals surface area (Å²) in [6.07, 6.45) is 1.99. The third-order valence-electron chi connectivity index (χ3n) is 5.66. The fourth-order valence-electron chi connectivity index (χ4n) is 3.86. The van der Waals surface area contributed by atoms with E-state index in [4.69, 9.17) is 16.3 Å². The average molecular weight is 463 g/mol. The quantitative estimate of drug-likeness (QED) is 0.690. The number of ether oxygens (including phenoxy) is 1. The molecule has 2 aliphatic heterocycles. The van der Waals surface area contributed by atoms with Crippen molar-refractivity contribution in [2.75, 3.05) is 18.1 Å². The van der Waals surface area contributed by atoms with Crippen molar-refractivity contribution in [3.8, 4) is 0 Å². The molecule has 0 aromatic heterocycles. The Morgan fingerprint density at radius 3 is 2.90 bits per heavy atom. The maximum absolute atomic E-state index is 13.5. The Morgan fingerprint density at radius 2 is 2.16 bits per heavy atom. The SMILES string of the molecule is C[C@H](C(=O)NC[C@H]1CCCO1)[C@H]1Sc2ccccc2N(Cc2ccc(F)cc2Cl)C1=O. The molecule has 1 N–H and O–H groups in total. The van der Waals surface area contributed by atoms with E-state index in [1.807, 2.05) is 24.3 Å². The van der Waals surface area contributed by atoms with Crippen molar-refractivity contribution in [3.63, 3.8) is 0 Å². The zero-order chi connectivity index (χ0) is 22.0. The molecule has 0 bridgehead atoms. The molecule has 8 heteroatoms. The number of nitrogens with one attached hydrogen (secondary N) is 1. The topological polar surface area (TPSA) is 58.6 Å². The lowest BCUT2D eigenvalue weighted by atomic mass is 10.0. The van der Waals surface area contributed by atoms with Gasteiger partial charge in [-0.15, -0.1) is 11.8 Å². The van der Waals surface area contributed by atoms with Crippen LogP contribution >= 0.6 is 23.4 Å². The summed E-state index contributed by atoms with van der Waals surface area (Å²) in [6.45, 7) is 3.17. The monoisotopic (exact) mass is 462 g/mol. The van der Waals surface area contributed by atoms with Crippen molar-refractivity contribution in [1.29, 1.82) is 0 Å². The fraction of sp³-hybridized carbons (Fsp3) is 0.391. The van der Waals surface area contributed by atoms with E-state index in [9.17, 15) is 14.0 Å². The second kappa shape index (κ2) is 9.59. The minimum absolute atomic E-state index is 0.0451. The number of anilines is 1. The number of carbonyl (C=O) groups excluding carboxylic acids is 2. The maximum Gasteiger partial charge on any atom is 0.241 e. The van der Waals surface area contributed by atoms with Crippen molar-refractivity contribution < 1.29 is 18.7 Å². The molecule has 4 rings (SSSR count). The van der Waals surface area contributed by atoms with Gasteiger partial charge in [-0.05, 0) is 42.7 Å². The Bertz CT molecular complexity index is 983. The number of halogens is 2. The molecule has 1 saturated heterocycles. The third kappa shape index (κ3) is 4.89. The van der Waals surface area contributed by atoms with Gasteiger partial charge in [-0.1, -0.05) is 36.7 Å². The molecular formula is C23H24ClFN2O3S. The van der Waals surface area contributed by atoms with Gasteiger partial charge in [0, 0.05) is 23.1 Å². The van der Waals surface area contributed by atoms with Crippen LogP contribution in [0.4, 0.5) is 10.1 Å². The van der Waals surface area contributed by atoms with E-state index in [0.29, 0.717) is 12.1 Å². The number of thioether (sulfide) groups is 1. The summed E-state index contributed by atoms with van der Waals surface area (Å²) in [7, 11) is 0. The molecule has 0 radical (unpaired) electrons. The summed E-state index contributed by atoms with van der Waals surface area (Å²) >= 11 is 7.62. The minimum atomic E-state index is -0.571. The van der Waals surface area contributed by atoms with Gasteiger partial charge in [0.25, 0.3) is 0 Å². The van der Waals surface area contributed by atoms with E-state index >= 15 is 0 Å². The molecule has 2 amide bonds.